The predicted octanol–water partition coefficient (Wildman–Crippen LogP) is 2.61. The number of hydrogen-bond donors (Lipinski definition) is 2. The molecule has 1 aliphatic rings. The molecule has 2 atom stereocenters. The quantitative estimate of drug-likeness (QED) is 0.860. The molecule has 98 valence electrons. The second kappa shape index (κ2) is 4.73. The molecule has 1 aromatic carbocycles. The molecule has 3 nitrogen and oxygen atoms in total. The lowest BCUT2D eigenvalue weighted by molar-refractivity contribution is -0.145. The Balaban J connectivity index is 2.46. The van der Waals surface area contributed by atoms with E-state index < -0.39 is 11.5 Å². The van der Waals surface area contributed by atoms with Crippen LogP contribution in [0.15, 0.2) is 18.2 Å². The molecule has 0 spiro atoms. The van der Waals surface area contributed by atoms with Crippen molar-refractivity contribution in [3.63, 3.8) is 0 Å². The molecule has 2 unspecified atom stereocenters. The molecule has 3 heteroatoms. The lowest BCUT2D eigenvalue weighted by Crippen LogP contribution is -2.51. The lowest BCUT2D eigenvalue weighted by atomic mass is 9.89. The van der Waals surface area contributed by atoms with Gasteiger partial charge in [-0.25, -0.2) is 4.79 Å². The molecule has 0 amide bonds. The van der Waals surface area contributed by atoms with Gasteiger partial charge in [0.05, 0.1) is 0 Å². The minimum Gasteiger partial charge on any atom is -0.480 e. The van der Waals surface area contributed by atoms with Crippen LogP contribution >= 0.6 is 0 Å². The number of carbonyl (C=O) groups is 1. The van der Waals surface area contributed by atoms with Crippen LogP contribution in [0.3, 0.4) is 0 Å². The minimum atomic E-state index is -0.892. The van der Waals surface area contributed by atoms with Gasteiger partial charge in [-0.1, -0.05) is 30.7 Å². The molecule has 0 aliphatic heterocycles. The number of nitrogens with one attached hydrogen (secondary N) is 1. The van der Waals surface area contributed by atoms with Crippen LogP contribution in [0.25, 0.3) is 0 Å². The fourth-order valence-corrected chi connectivity index (χ4v) is 2.72. The molecule has 1 aliphatic carbocycles. The number of hydrogen-bond acceptors (Lipinski definition) is 2. The maximum Gasteiger partial charge on any atom is 0.328 e. The molecule has 0 radical (unpaired) electrons. The largest absolute Gasteiger partial charge is 0.480 e. The van der Waals surface area contributed by atoms with Crippen molar-refractivity contribution in [2.24, 2.45) is 0 Å². The Morgan fingerprint density at radius 1 is 1.56 bits per heavy atom. The number of aliphatic carboxylic acids is 1. The Labute approximate surface area is 108 Å². The maximum atomic E-state index is 11.8. The summed E-state index contributed by atoms with van der Waals surface area (Å²) in [7, 11) is 0. The summed E-state index contributed by atoms with van der Waals surface area (Å²) in [5, 5.41) is 13.0. The first kappa shape index (κ1) is 13.1. The fourth-order valence-electron chi connectivity index (χ4n) is 2.72. The summed E-state index contributed by atoms with van der Waals surface area (Å²) in [5.74, 6) is -0.757. The van der Waals surface area contributed by atoms with Gasteiger partial charge in [-0.3, -0.25) is 5.32 Å². The zero-order chi connectivity index (χ0) is 13.3. The molecule has 0 saturated heterocycles. The van der Waals surface area contributed by atoms with Crippen molar-refractivity contribution < 1.29 is 9.90 Å². The van der Waals surface area contributed by atoms with Gasteiger partial charge in [0.1, 0.15) is 5.54 Å². The number of carboxylic acid groups (broad SMARTS) is 1. The van der Waals surface area contributed by atoms with Crippen molar-refractivity contribution in [1.29, 1.82) is 0 Å². The first-order valence-corrected chi connectivity index (χ1v) is 6.60. The molecule has 1 aromatic rings. The second-order valence-corrected chi connectivity index (χ2v) is 5.32. The summed E-state index contributed by atoms with van der Waals surface area (Å²) in [6.07, 6.45) is 2.41. The monoisotopic (exact) mass is 247 g/mol. The van der Waals surface area contributed by atoms with Gasteiger partial charge < -0.3 is 5.11 Å². The van der Waals surface area contributed by atoms with E-state index in [-0.39, 0.29) is 6.04 Å². The van der Waals surface area contributed by atoms with Crippen LogP contribution in [0.4, 0.5) is 0 Å². The molecular weight excluding hydrogens is 226 g/mol. The molecule has 18 heavy (non-hydrogen) atoms. The van der Waals surface area contributed by atoms with E-state index in [2.05, 4.69) is 24.4 Å². The average Bonchev–Trinajstić information content (AvgIpc) is 2.69. The summed E-state index contributed by atoms with van der Waals surface area (Å²) in [6, 6.07) is 6.34. The summed E-state index contributed by atoms with van der Waals surface area (Å²) in [6.45, 7) is 6.12. The number of rotatable bonds is 4. The molecule has 0 aromatic heterocycles. The predicted molar refractivity (Wildman–Crippen MR) is 71.7 cm³/mol. The SMILES string of the molecule is CCC(C)NC1(C(=O)O)CCc2ccc(C)cc21. The highest BCUT2D eigenvalue weighted by Crippen LogP contribution is 2.38. The fraction of sp³-hybridized carbons (Fsp3) is 0.533. The van der Waals surface area contributed by atoms with E-state index in [1.807, 2.05) is 19.9 Å². The third kappa shape index (κ3) is 2.03. The van der Waals surface area contributed by atoms with Crippen LogP contribution in [-0.4, -0.2) is 17.1 Å². The molecule has 2 rings (SSSR count). The van der Waals surface area contributed by atoms with E-state index in [1.54, 1.807) is 0 Å². The van der Waals surface area contributed by atoms with Gasteiger partial charge in [0.15, 0.2) is 0 Å². The molecule has 0 saturated carbocycles. The number of aryl methyl sites for hydroxylation is 2. The van der Waals surface area contributed by atoms with Gasteiger partial charge in [0.25, 0.3) is 0 Å². The van der Waals surface area contributed by atoms with Crippen molar-refractivity contribution in [3.05, 3.63) is 34.9 Å². The third-order valence-electron chi connectivity index (χ3n) is 3.96. The Bertz CT molecular complexity index is 470. The third-order valence-corrected chi connectivity index (χ3v) is 3.96. The van der Waals surface area contributed by atoms with Crippen LogP contribution in [0, 0.1) is 6.92 Å². The summed E-state index contributed by atoms with van der Waals surface area (Å²) >= 11 is 0. The van der Waals surface area contributed by atoms with E-state index in [0.717, 1.165) is 24.0 Å². The first-order valence-electron chi connectivity index (χ1n) is 6.60. The second-order valence-electron chi connectivity index (χ2n) is 5.32. The van der Waals surface area contributed by atoms with E-state index >= 15 is 0 Å². The molecule has 0 bridgehead atoms. The van der Waals surface area contributed by atoms with Crippen LogP contribution in [0.2, 0.25) is 0 Å². The van der Waals surface area contributed by atoms with Crippen molar-refractivity contribution in [3.8, 4) is 0 Å². The van der Waals surface area contributed by atoms with Gasteiger partial charge in [-0.05, 0) is 44.2 Å². The van der Waals surface area contributed by atoms with Crippen molar-refractivity contribution in [1.82, 2.24) is 5.32 Å². The van der Waals surface area contributed by atoms with Gasteiger partial charge in [0.2, 0.25) is 0 Å². The highest BCUT2D eigenvalue weighted by molar-refractivity contribution is 5.82. The summed E-state index contributed by atoms with van der Waals surface area (Å²) in [4.78, 5) is 11.8. The Morgan fingerprint density at radius 2 is 2.28 bits per heavy atom. The maximum absolute atomic E-state index is 11.8. The van der Waals surface area contributed by atoms with Crippen molar-refractivity contribution >= 4 is 5.97 Å². The summed E-state index contributed by atoms with van der Waals surface area (Å²) in [5.41, 5.74) is 2.35. The number of carboxylic acids is 1. The lowest BCUT2D eigenvalue weighted by Gasteiger charge is -2.30. The topological polar surface area (TPSA) is 49.3 Å². The van der Waals surface area contributed by atoms with Gasteiger partial charge in [0, 0.05) is 6.04 Å². The smallest absolute Gasteiger partial charge is 0.328 e. The molecular formula is C15H21NO2. The normalized spacial score (nSPS) is 23.7. The Hall–Kier alpha value is -1.35. The van der Waals surface area contributed by atoms with E-state index in [9.17, 15) is 9.90 Å². The van der Waals surface area contributed by atoms with Crippen LogP contribution in [-0.2, 0) is 16.8 Å². The van der Waals surface area contributed by atoms with Crippen LogP contribution in [0.1, 0.15) is 43.4 Å². The number of benzene rings is 1. The van der Waals surface area contributed by atoms with Crippen molar-refractivity contribution in [2.75, 3.05) is 0 Å². The van der Waals surface area contributed by atoms with Crippen molar-refractivity contribution in [2.45, 2.75) is 51.6 Å². The highest BCUT2D eigenvalue weighted by Gasteiger charge is 2.45. The van der Waals surface area contributed by atoms with E-state index in [1.165, 1.54) is 5.56 Å². The Morgan fingerprint density at radius 3 is 2.89 bits per heavy atom. The Kier molecular flexibility index (Phi) is 3.44. The zero-order valence-electron chi connectivity index (χ0n) is 11.3. The van der Waals surface area contributed by atoms with Gasteiger partial charge >= 0.3 is 5.97 Å². The molecule has 2 N–H and O–H groups in total. The van der Waals surface area contributed by atoms with E-state index in [0.29, 0.717) is 6.42 Å². The molecule has 0 fully saturated rings. The van der Waals surface area contributed by atoms with E-state index in [4.69, 9.17) is 0 Å². The first-order chi connectivity index (χ1) is 8.49. The molecule has 0 heterocycles. The van der Waals surface area contributed by atoms with Gasteiger partial charge in [-0.15, -0.1) is 0 Å². The number of fused-ring (bicyclic) bond motifs is 1. The highest BCUT2D eigenvalue weighted by atomic mass is 16.4. The average molecular weight is 247 g/mol. The van der Waals surface area contributed by atoms with Crippen LogP contribution in [0.5, 0.6) is 0 Å². The minimum absolute atomic E-state index is 0.201. The zero-order valence-corrected chi connectivity index (χ0v) is 11.3. The standard InChI is InChI=1S/C15H21NO2/c1-4-11(3)16-15(14(17)18)8-7-12-6-5-10(2)9-13(12)15/h5-6,9,11,16H,4,7-8H2,1-3H3,(H,17,18). The summed E-state index contributed by atoms with van der Waals surface area (Å²) < 4.78 is 0. The van der Waals surface area contributed by atoms with Gasteiger partial charge in [-0.2, -0.15) is 0 Å². The van der Waals surface area contributed by atoms with Crippen LogP contribution < -0.4 is 5.32 Å².